The van der Waals surface area contributed by atoms with Crippen molar-refractivity contribution in [2.75, 3.05) is 6.61 Å². The molecule has 0 fully saturated rings. The SMILES string of the molecule is CCOC(=O)CC[C@@H](Cc1ccc(-c2c#cc#cc2)cc1)C(=S)NC(=O)CCC(=O)O. The van der Waals surface area contributed by atoms with Gasteiger partial charge in [0.05, 0.1) is 18.0 Å². The van der Waals surface area contributed by atoms with Crippen LogP contribution in [-0.2, 0) is 25.5 Å². The third kappa shape index (κ3) is 8.46. The number of carboxylic acid groups (broad SMARTS) is 1. The maximum atomic E-state index is 12.0. The van der Waals surface area contributed by atoms with E-state index in [9.17, 15) is 14.4 Å². The highest BCUT2D eigenvalue weighted by Crippen LogP contribution is 2.21. The second kappa shape index (κ2) is 12.3. The molecule has 0 radical (unpaired) electrons. The molecule has 0 aliphatic rings. The number of hydrogen-bond acceptors (Lipinski definition) is 5. The van der Waals surface area contributed by atoms with Gasteiger partial charge in [0.25, 0.3) is 0 Å². The van der Waals surface area contributed by atoms with Gasteiger partial charge in [0.15, 0.2) is 0 Å². The molecule has 160 valence electrons. The highest BCUT2D eigenvalue weighted by atomic mass is 32.1. The third-order valence-corrected chi connectivity index (χ3v) is 4.93. The van der Waals surface area contributed by atoms with Crippen LogP contribution in [0.3, 0.4) is 0 Å². The first-order valence-corrected chi connectivity index (χ1v) is 10.3. The summed E-state index contributed by atoms with van der Waals surface area (Å²) in [6, 6.07) is 20.8. The molecular weight excluding hydrogens is 414 g/mol. The van der Waals surface area contributed by atoms with E-state index < -0.39 is 11.9 Å². The van der Waals surface area contributed by atoms with Crippen molar-refractivity contribution in [1.29, 1.82) is 0 Å². The number of carbonyl (C=O) groups excluding carboxylic acids is 2. The fraction of sp³-hybridized carbons (Fsp3) is 0.333. The highest BCUT2D eigenvalue weighted by Gasteiger charge is 2.20. The summed E-state index contributed by atoms with van der Waals surface area (Å²) in [5, 5.41) is 11.3. The summed E-state index contributed by atoms with van der Waals surface area (Å²) in [4.78, 5) is 34.7. The number of carbonyl (C=O) groups is 3. The number of hydrogen-bond donors (Lipinski definition) is 2. The van der Waals surface area contributed by atoms with Crippen molar-refractivity contribution in [2.45, 2.75) is 39.0 Å². The van der Waals surface area contributed by atoms with E-state index in [-0.39, 0.29) is 31.1 Å². The van der Waals surface area contributed by atoms with E-state index in [1.54, 1.807) is 13.0 Å². The molecule has 0 aliphatic heterocycles. The zero-order valence-electron chi connectivity index (χ0n) is 17.2. The van der Waals surface area contributed by atoms with Crippen LogP contribution in [0.4, 0.5) is 0 Å². The molecule has 2 rings (SSSR count). The lowest BCUT2D eigenvalue weighted by molar-refractivity contribution is -0.143. The quantitative estimate of drug-likeness (QED) is 0.414. The molecule has 0 bridgehead atoms. The predicted octanol–water partition coefficient (Wildman–Crippen LogP) is 3.36. The van der Waals surface area contributed by atoms with E-state index >= 15 is 0 Å². The summed E-state index contributed by atoms with van der Waals surface area (Å²) in [6.45, 7) is 2.03. The third-order valence-electron chi connectivity index (χ3n) is 4.50. The van der Waals surface area contributed by atoms with Crippen LogP contribution in [0.2, 0.25) is 0 Å². The Hall–Kier alpha value is -3.42. The van der Waals surface area contributed by atoms with E-state index in [1.807, 2.05) is 24.3 Å². The summed E-state index contributed by atoms with van der Waals surface area (Å²) >= 11 is 5.40. The Bertz CT molecular complexity index is 896. The number of nitrogens with one attached hydrogen (secondary N) is 1. The van der Waals surface area contributed by atoms with Gasteiger partial charge in [0, 0.05) is 30.4 Å². The van der Waals surface area contributed by atoms with Crippen LogP contribution >= 0.6 is 12.2 Å². The number of ether oxygens (including phenoxy) is 1. The van der Waals surface area contributed by atoms with E-state index in [2.05, 4.69) is 29.6 Å². The molecule has 1 atom stereocenters. The van der Waals surface area contributed by atoms with Crippen LogP contribution in [0.25, 0.3) is 11.1 Å². The molecule has 2 N–H and O–H groups in total. The number of thiocarbonyl (C=S) groups is 1. The summed E-state index contributed by atoms with van der Waals surface area (Å²) < 4.78 is 4.99. The maximum Gasteiger partial charge on any atom is 0.305 e. The normalized spacial score (nSPS) is 10.9. The second-order valence-electron chi connectivity index (χ2n) is 6.83. The van der Waals surface area contributed by atoms with Gasteiger partial charge in [-0.25, -0.2) is 0 Å². The van der Waals surface area contributed by atoms with Gasteiger partial charge in [-0.3, -0.25) is 14.4 Å². The number of benzene rings is 1. The molecule has 31 heavy (non-hydrogen) atoms. The lowest BCUT2D eigenvalue weighted by Crippen LogP contribution is -2.35. The van der Waals surface area contributed by atoms with E-state index in [0.29, 0.717) is 24.4 Å². The van der Waals surface area contributed by atoms with Gasteiger partial charge in [-0.2, -0.15) is 0 Å². The van der Waals surface area contributed by atoms with Gasteiger partial charge in [-0.05, 0) is 43.0 Å². The lowest BCUT2D eigenvalue weighted by atomic mass is 9.93. The van der Waals surface area contributed by atoms with Gasteiger partial charge in [-0.15, -0.1) is 0 Å². The molecule has 0 aromatic heterocycles. The first-order chi connectivity index (χ1) is 14.9. The Morgan fingerprint density at radius 2 is 1.87 bits per heavy atom. The number of carboxylic acids is 1. The van der Waals surface area contributed by atoms with Gasteiger partial charge >= 0.3 is 11.9 Å². The Morgan fingerprint density at radius 3 is 2.48 bits per heavy atom. The standard InChI is InChI=1S/C24H23NO5S/c1-2-30-23(29)15-12-20(24(31)25-21(26)13-14-22(27)28)16-17-8-10-19(11-9-17)18-6-4-3-5-7-18/h6,8-11,20H,2,12-16H2,1H3,(H,27,28)(H,25,26,31)/t20-/m0/s1. The van der Waals surface area contributed by atoms with Crippen molar-refractivity contribution >= 4 is 35.1 Å². The molecule has 0 unspecified atom stereocenters. The van der Waals surface area contributed by atoms with Gasteiger partial charge < -0.3 is 15.2 Å². The monoisotopic (exact) mass is 437 g/mol. The topological polar surface area (TPSA) is 92.7 Å². The number of aliphatic carboxylic acids is 1. The van der Waals surface area contributed by atoms with Gasteiger partial charge in [0.2, 0.25) is 5.91 Å². The molecule has 0 aliphatic carbocycles. The lowest BCUT2D eigenvalue weighted by Gasteiger charge is -2.19. The zero-order valence-corrected chi connectivity index (χ0v) is 18.0. The minimum Gasteiger partial charge on any atom is -0.481 e. The Kier molecular flexibility index (Phi) is 9.48. The molecule has 0 spiro atoms. The smallest absolute Gasteiger partial charge is 0.305 e. The molecule has 6 nitrogen and oxygen atoms in total. The largest absolute Gasteiger partial charge is 0.481 e. The minimum atomic E-state index is -1.05. The summed E-state index contributed by atoms with van der Waals surface area (Å²) in [7, 11) is 0. The second-order valence-corrected chi connectivity index (χ2v) is 7.27. The molecule has 2 aromatic rings. The van der Waals surface area contributed by atoms with E-state index in [1.165, 1.54) is 0 Å². The van der Waals surface area contributed by atoms with Crippen molar-refractivity contribution in [3.8, 4) is 11.1 Å². The molecule has 0 saturated heterocycles. The van der Waals surface area contributed by atoms with Crippen molar-refractivity contribution in [3.05, 3.63) is 60.2 Å². The first kappa shape index (κ1) is 23.9. The fourth-order valence-corrected chi connectivity index (χ4v) is 3.23. The maximum absolute atomic E-state index is 12.0. The summed E-state index contributed by atoms with van der Waals surface area (Å²) in [5.41, 5.74) is 2.79. The molecule has 7 heteroatoms. The van der Waals surface area contributed by atoms with Crippen LogP contribution in [0, 0.1) is 30.2 Å². The van der Waals surface area contributed by atoms with Gasteiger partial charge in [0.1, 0.15) is 0 Å². The van der Waals surface area contributed by atoms with Gasteiger partial charge in [-0.1, -0.05) is 48.6 Å². The number of rotatable bonds is 11. The van der Waals surface area contributed by atoms with E-state index in [0.717, 1.165) is 16.7 Å². The molecular formula is C24H23NO5S. The van der Waals surface area contributed by atoms with Crippen LogP contribution in [-0.4, -0.2) is 34.5 Å². The molecule has 1 amide bonds. The summed E-state index contributed by atoms with van der Waals surface area (Å²) in [5.74, 6) is -2.11. The van der Waals surface area contributed by atoms with Crippen molar-refractivity contribution < 1.29 is 24.2 Å². The van der Waals surface area contributed by atoms with Crippen molar-refractivity contribution in [1.82, 2.24) is 5.32 Å². The average Bonchev–Trinajstić information content (AvgIpc) is 2.76. The molecule has 2 aromatic carbocycles. The summed E-state index contributed by atoms with van der Waals surface area (Å²) in [6.07, 6.45) is 0.663. The number of amides is 1. The van der Waals surface area contributed by atoms with Crippen LogP contribution in [0.5, 0.6) is 0 Å². The Morgan fingerprint density at radius 1 is 1.13 bits per heavy atom. The zero-order chi connectivity index (χ0) is 22.6. The van der Waals surface area contributed by atoms with E-state index in [4.69, 9.17) is 22.1 Å². The number of esters is 1. The Balaban J connectivity index is 2.06. The van der Waals surface area contributed by atoms with Crippen LogP contribution in [0.15, 0.2) is 30.3 Å². The van der Waals surface area contributed by atoms with Crippen LogP contribution in [0.1, 0.15) is 38.2 Å². The van der Waals surface area contributed by atoms with Crippen LogP contribution < -0.4 is 5.32 Å². The molecule has 0 heterocycles. The molecule has 0 saturated carbocycles. The highest BCUT2D eigenvalue weighted by molar-refractivity contribution is 7.80. The Labute approximate surface area is 187 Å². The predicted molar refractivity (Wildman–Crippen MR) is 118 cm³/mol. The average molecular weight is 438 g/mol. The minimum absolute atomic E-state index is 0.159. The fourth-order valence-electron chi connectivity index (χ4n) is 2.91. The van der Waals surface area contributed by atoms with Crippen molar-refractivity contribution in [2.24, 2.45) is 5.92 Å². The van der Waals surface area contributed by atoms with Crippen molar-refractivity contribution in [3.63, 3.8) is 0 Å². The first-order valence-electron chi connectivity index (χ1n) is 9.91.